The van der Waals surface area contributed by atoms with Crippen molar-refractivity contribution in [1.29, 1.82) is 0 Å². The zero-order valence-corrected chi connectivity index (χ0v) is 13.0. The highest BCUT2D eigenvalue weighted by Gasteiger charge is 2.43. The van der Waals surface area contributed by atoms with E-state index in [1.807, 2.05) is 18.8 Å². The summed E-state index contributed by atoms with van der Waals surface area (Å²) in [6.45, 7) is 4.66. The van der Waals surface area contributed by atoms with Gasteiger partial charge in [0.25, 0.3) is 0 Å². The largest absolute Gasteiger partial charge is 0.394 e. The summed E-state index contributed by atoms with van der Waals surface area (Å²) in [7, 11) is 1.97. The maximum absolute atomic E-state index is 9.71. The number of likely N-dealkylation sites (N-methyl/N-ethyl adjacent to an activating group) is 1. The molecule has 1 aromatic carbocycles. The van der Waals surface area contributed by atoms with E-state index in [-0.39, 0.29) is 12.1 Å². The van der Waals surface area contributed by atoms with E-state index < -0.39 is 0 Å². The van der Waals surface area contributed by atoms with E-state index >= 15 is 0 Å². The fourth-order valence-electron chi connectivity index (χ4n) is 2.44. The Balaban J connectivity index is 1.97. The molecule has 1 unspecified atom stereocenters. The SMILES string of the molecule is CNC(CO)(CSc1ccc(C(C)C)cc1)C1CC1. The molecule has 1 aliphatic rings. The summed E-state index contributed by atoms with van der Waals surface area (Å²) in [6.07, 6.45) is 2.49. The van der Waals surface area contributed by atoms with Crippen molar-refractivity contribution >= 4 is 11.8 Å². The molecule has 1 aliphatic carbocycles. The highest BCUT2D eigenvalue weighted by Crippen LogP contribution is 2.42. The van der Waals surface area contributed by atoms with Crippen LogP contribution < -0.4 is 5.32 Å². The Hall–Kier alpha value is -0.510. The summed E-state index contributed by atoms with van der Waals surface area (Å²) in [5, 5.41) is 13.1. The van der Waals surface area contributed by atoms with Gasteiger partial charge in [0.15, 0.2) is 0 Å². The smallest absolute Gasteiger partial charge is 0.0624 e. The van der Waals surface area contributed by atoms with Crippen LogP contribution in [0.15, 0.2) is 29.2 Å². The second-order valence-corrected chi connectivity index (χ2v) is 6.90. The molecule has 1 atom stereocenters. The molecule has 106 valence electrons. The Morgan fingerprint density at radius 2 is 1.95 bits per heavy atom. The molecule has 1 fully saturated rings. The standard InChI is InChI=1S/C16H25NOS/c1-12(2)13-4-8-15(9-5-13)19-11-16(10-18,17-3)14-6-7-14/h4-5,8-9,12,14,17-18H,6-7,10-11H2,1-3H3. The molecule has 0 bridgehead atoms. The average molecular weight is 279 g/mol. The molecule has 0 saturated heterocycles. The van der Waals surface area contributed by atoms with Crippen LogP contribution in [0.1, 0.15) is 38.2 Å². The molecular weight excluding hydrogens is 254 g/mol. The Kier molecular flexibility index (Phi) is 4.93. The van der Waals surface area contributed by atoms with Crippen molar-refractivity contribution in [3.8, 4) is 0 Å². The maximum Gasteiger partial charge on any atom is 0.0624 e. The molecule has 0 amide bonds. The van der Waals surface area contributed by atoms with Gasteiger partial charge in [-0.25, -0.2) is 0 Å². The monoisotopic (exact) mass is 279 g/mol. The van der Waals surface area contributed by atoms with E-state index in [1.54, 1.807) is 0 Å². The van der Waals surface area contributed by atoms with Crippen LogP contribution in [-0.4, -0.2) is 30.1 Å². The predicted molar refractivity (Wildman–Crippen MR) is 82.9 cm³/mol. The third kappa shape index (κ3) is 3.53. The van der Waals surface area contributed by atoms with Crippen molar-refractivity contribution in [2.24, 2.45) is 5.92 Å². The summed E-state index contributed by atoms with van der Waals surface area (Å²) in [5.74, 6) is 2.16. The molecule has 0 aromatic heterocycles. The normalized spacial score (nSPS) is 18.6. The van der Waals surface area contributed by atoms with Gasteiger partial charge in [0.05, 0.1) is 12.1 Å². The van der Waals surface area contributed by atoms with E-state index in [2.05, 4.69) is 43.4 Å². The third-order valence-corrected chi connectivity index (χ3v) is 5.45. The second-order valence-electron chi connectivity index (χ2n) is 5.85. The Bertz CT molecular complexity index is 394. The lowest BCUT2D eigenvalue weighted by Crippen LogP contribution is -2.51. The first-order valence-corrected chi connectivity index (χ1v) is 8.12. The number of aliphatic hydroxyl groups excluding tert-OH is 1. The van der Waals surface area contributed by atoms with Crippen molar-refractivity contribution < 1.29 is 5.11 Å². The average Bonchev–Trinajstić information content (AvgIpc) is 3.26. The van der Waals surface area contributed by atoms with E-state index in [9.17, 15) is 5.11 Å². The van der Waals surface area contributed by atoms with Gasteiger partial charge in [0.1, 0.15) is 0 Å². The number of rotatable bonds is 7. The molecule has 2 rings (SSSR count). The number of hydrogen-bond donors (Lipinski definition) is 2. The van der Waals surface area contributed by atoms with Gasteiger partial charge in [0.2, 0.25) is 0 Å². The molecule has 0 spiro atoms. The number of nitrogens with one attached hydrogen (secondary N) is 1. The zero-order chi connectivity index (χ0) is 13.9. The maximum atomic E-state index is 9.71. The van der Waals surface area contributed by atoms with Gasteiger partial charge < -0.3 is 10.4 Å². The molecule has 2 nitrogen and oxygen atoms in total. The minimum atomic E-state index is -0.0958. The summed E-state index contributed by atoms with van der Waals surface area (Å²) >= 11 is 1.84. The second kappa shape index (κ2) is 6.29. The Morgan fingerprint density at radius 1 is 1.32 bits per heavy atom. The van der Waals surface area contributed by atoms with Gasteiger partial charge in [-0.3, -0.25) is 0 Å². The number of aliphatic hydroxyl groups is 1. The van der Waals surface area contributed by atoms with Gasteiger partial charge in [-0.05, 0) is 49.4 Å². The van der Waals surface area contributed by atoms with Gasteiger partial charge in [0, 0.05) is 10.6 Å². The fourth-order valence-corrected chi connectivity index (χ4v) is 3.67. The molecule has 1 aromatic rings. The van der Waals surface area contributed by atoms with Crippen LogP contribution in [0, 0.1) is 5.92 Å². The fraction of sp³-hybridized carbons (Fsp3) is 0.625. The van der Waals surface area contributed by atoms with Crippen molar-refractivity contribution in [1.82, 2.24) is 5.32 Å². The summed E-state index contributed by atoms with van der Waals surface area (Å²) < 4.78 is 0. The third-order valence-electron chi connectivity index (χ3n) is 4.18. The molecule has 1 saturated carbocycles. The molecule has 0 heterocycles. The first-order valence-electron chi connectivity index (χ1n) is 7.14. The highest BCUT2D eigenvalue weighted by atomic mass is 32.2. The van der Waals surface area contributed by atoms with E-state index in [0.717, 1.165) is 5.75 Å². The summed E-state index contributed by atoms with van der Waals surface area (Å²) in [4.78, 5) is 1.29. The molecular formula is C16H25NOS. The lowest BCUT2D eigenvalue weighted by Gasteiger charge is -2.31. The lowest BCUT2D eigenvalue weighted by molar-refractivity contribution is 0.167. The van der Waals surface area contributed by atoms with Gasteiger partial charge in [-0.1, -0.05) is 26.0 Å². The van der Waals surface area contributed by atoms with Gasteiger partial charge >= 0.3 is 0 Å². The van der Waals surface area contributed by atoms with Gasteiger partial charge in [-0.15, -0.1) is 11.8 Å². The predicted octanol–water partition coefficient (Wildman–Crippen LogP) is 3.26. The van der Waals surface area contributed by atoms with Crippen LogP contribution >= 0.6 is 11.8 Å². The van der Waals surface area contributed by atoms with Crippen LogP contribution in [0.3, 0.4) is 0 Å². The van der Waals surface area contributed by atoms with Gasteiger partial charge in [-0.2, -0.15) is 0 Å². The van der Waals surface area contributed by atoms with Crippen molar-refractivity contribution in [2.75, 3.05) is 19.4 Å². The lowest BCUT2D eigenvalue weighted by atomic mass is 9.97. The number of hydrogen-bond acceptors (Lipinski definition) is 3. The number of thioether (sulfide) groups is 1. The van der Waals surface area contributed by atoms with Crippen molar-refractivity contribution in [2.45, 2.75) is 43.0 Å². The van der Waals surface area contributed by atoms with Crippen molar-refractivity contribution in [3.63, 3.8) is 0 Å². The van der Waals surface area contributed by atoms with E-state index in [0.29, 0.717) is 11.8 Å². The minimum Gasteiger partial charge on any atom is -0.394 e. The highest BCUT2D eigenvalue weighted by molar-refractivity contribution is 7.99. The van der Waals surface area contributed by atoms with Crippen LogP contribution in [-0.2, 0) is 0 Å². The Morgan fingerprint density at radius 3 is 2.37 bits per heavy atom. The first-order chi connectivity index (χ1) is 9.11. The van der Waals surface area contributed by atoms with Crippen LogP contribution in [0.2, 0.25) is 0 Å². The first kappa shape index (κ1) is 14.9. The quantitative estimate of drug-likeness (QED) is 0.751. The Labute approximate surface area is 121 Å². The van der Waals surface area contributed by atoms with E-state index in [1.165, 1.54) is 23.3 Å². The summed E-state index contributed by atoms with van der Waals surface area (Å²) in [6, 6.07) is 8.82. The molecule has 0 radical (unpaired) electrons. The summed E-state index contributed by atoms with van der Waals surface area (Å²) in [5.41, 5.74) is 1.29. The zero-order valence-electron chi connectivity index (χ0n) is 12.1. The molecule has 0 aliphatic heterocycles. The van der Waals surface area contributed by atoms with Crippen LogP contribution in [0.5, 0.6) is 0 Å². The van der Waals surface area contributed by atoms with Crippen molar-refractivity contribution in [3.05, 3.63) is 29.8 Å². The van der Waals surface area contributed by atoms with Crippen LogP contribution in [0.4, 0.5) is 0 Å². The van der Waals surface area contributed by atoms with Crippen LogP contribution in [0.25, 0.3) is 0 Å². The molecule has 2 N–H and O–H groups in total. The minimum absolute atomic E-state index is 0.0958. The number of benzene rings is 1. The van der Waals surface area contributed by atoms with E-state index in [4.69, 9.17) is 0 Å². The molecule has 19 heavy (non-hydrogen) atoms. The topological polar surface area (TPSA) is 32.3 Å². The molecule has 3 heteroatoms.